The molecule has 0 aromatic heterocycles. The normalized spacial score (nSPS) is 11.7. The van der Waals surface area contributed by atoms with Gasteiger partial charge in [0.15, 0.2) is 0 Å². The van der Waals surface area contributed by atoms with Crippen molar-refractivity contribution in [1.29, 1.82) is 0 Å². The summed E-state index contributed by atoms with van der Waals surface area (Å²) in [5.41, 5.74) is 0.928. The number of hydrogen-bond donors (Lipinski definition) is 2. The Labute approximate surface area is 117 Å². The van der Waals surface area contributed by atoms with Crippen LogP contribution in [0.2, 0.25) is 5.02 Å². The average molecular weight is 285 g/mol. The summed E-state index contributed by atoms with van der Waals surface area (Å²) in [6, 6.07) is 6.47. The molecular formula is C13H17ClN2O3. The maximum Gasteiger partial charge on any atom is 0.245 e. The van der Waals surface area contributed by atoms with E-state index in [1.54, 1.807) is 12.1 Å². The monoisotopic (exact) mass is 284 g/mol. The molecule has 1 atom stereocenters. The third-order valence-corrected chi connectivity index (χ3v) is 2.66. The molecule has 1 aromatic rings. The topological polar surface area (TPSA) is 67.4 Å². The van der Waals surface area contributed by atoms with Crippen molar-refractivity contribution in [1.82, 2.24) is 10.6 Å². The van der Waals surface area contributed by atoms with Crippen molar-refractivity contribution in [3.63, 3.8) is 0 Å². The molecule has 0 aliphatic carbocycles. The molecule has 0 unspecified atom stereocenters. The van der Waals surface area contributed by atoms with Crippen LogP contribution in [0.15, 0.2) is 24.3 Å². The highest BCUT2D eigenvalue weighted by atomic mass is 35.5. The molecule has 1 aromatic carbocycles. The first-order valence-corrected chi connectivity index (χ1v) is 6.19. The first kappa shape index (κ1) is 15.5. The summed E-state index contributed by atoms with van der Waals surface area (Å²) in [6.07, 6.45) is 0. The lowest BCUT2D eigenvalue weighted by Gasteiger charge is -2.16. The summed E-state index contributed by atoms with van der Waals surface area (Å²) in [7, 11) is 1.47. The maximum atomic E-state index is 11.9. The van der Waals surface area contributed by atoms with Crippen LogP contribution in [0.25, 0.3) is 0 Å². The van der Waals surface area contributed by atoms with Gasteiger partial charge in [0.05, 0.1) is 6.61 Å². The Kier molecular flexibility index (Phi) is 6.32. The van der Waals surface area contributed by atoms with Crippen LogP contribution in [0.5, 0.6) is 0 Å². The van der Waals surface area contributed by atoms with E-state index in [1.165, 1.54) is 14.0 Å². The molecule has 104 valence electrons. The third-order valence-electron chi connectivity index (χ3n) is 2.41. The quantitative estimate of drug-likeness (QED) is 0.822. The van der Waals surface area contributed by atoms with Crippen molar-refractivity contribution in [2.75, 3.05) is 13.7 Å². The van der Waals surface area contributed by atoms with Crippen LogP contribution in [0.1, 0.15) is 12.5 Å². The second-order valence-electron chi connectivity index (χ2n) is 4.05. The minimum Gasteiger partial charge on any atom is -0.382 e. The third kappa shape index (κ3) is 5.72. The molecule has 0 aliphatic heterocycles. The van der Waals surface area contributed by atoms with Gasteiger partial charge in [-0.1, -0.05) is 23.7 Å². The van der Waals surface area contributed by atoms with E-state index >= 15 is 0 Å². The zero-order valence-electron chi connectivity index (χ0n) is 10.9. The van der Waals surface area contributed by atoms with Gasteiger partial charge < -0.3 is 15.4 Å². The SMILES string of the molecule is COC[C@@H](NC(C)=O)C(=O)NCc1ccc(Cl)cc1. The van der Waals surface area contributed by atoms with Gasteiger partial charge >= 0.3 is 0 Å². The minimum absolute atomic E-state index is 0.131. The molecule has 0 radical (unpaired) electrons. The first-order valence-electron chi connectivity index (χ1n) is 5.81. The molecule has 0 saturated heterocycles. The van der Waals surface area contributed by atoms with E-state index in [1.807, 2.05) is 12.1 Å². The van der Waals surface area contributed by atoms with Crippen molar-refractivity contribution < 1.29 is 14.3 Å². The molecule has 1 rings (SSSR count). The Hall–Kier alpha value is -1.59. The number of hydrogen-bond acceptors (Lipinski definition) is 3. The molecular weight excluding hydrogens is 268 g/mol. The van der Waals surface area contributed by atoms with Gasteiger partial charge in [0.2, 0.25) is 11.8 Å². The predicted octanol–water partition coefficient (Wildman–Crippen LogP) is 1.11. The summed E-state index contributed by atoms with van der Waals surface area (Å²) < 4.78 is 4.90. The second-order valence-corrected chi connectivity index (χ2v) is 4.49. The van der Waals surface area contributed by atoms with Crippen molar-refractivity contribution in [2.24, 2.45) is 0 Å². The molecule has 2 amide bonds. The van der Waals surface area contributed by atoms with E-state index in [-0.39, 0.29) is 18.4 Å². The van der Waals surface area contributed by atoms with Crippen LogP contribution in [0.4, 0.5) is 0 Å². The zero-order chi connectivity index (χ0) is 14.3. The van der Waals surface area contributed by atoms with Crippen LogP contribution >= 0.6 is 11.6 Å². The molecule has 2 N–H and O–H groups in total. The van der Waals surface area contributed by atoms with E-state index in [9.17, 15) is 9.59 Å². The van der Waals surface area contributed by atoms with Crippen LogP contribution in [-0.2, 0) is 20.9 Å². The number of nitrogens with one attached hydrogen (secondary N) is 2. The van der Waals surface area contributed by atoms with Gasteiger partial charge in [0.1, 0.15) is 6.04 Å². The number of amides is 2. The standard InChI is InChI=1S/C13H17ClN2O3/c1-9(17)16-12(8-19-2)13(18)15-7-10-3-5-11(14)6-4-10/h3-6,12H,7-8H2,1-2H3,(H,15,18)(H,16,17)/t12-/m1/s1. The highest BCUT2D eigenvalue weighted by Crippen LogP contribution is 2.09. The summed E-state index contributed by atoms with van der Waals surface area (Å²) in [5, 5.41) is 5.90. The fraction of sp³-hybridized carbons (Fsp3) is 0.385. The minimum atomic E-state index is -0.685. The van der Waals surface area contributed by atoms with Gasteiger partial charge in [0, 0.05) is 25.6 Å². The van der Waals surface area contributed by atoms with E-state index in [2.05, 4.69) is 10.6 Å². The largest absolute Gasteiger partial charge is 0.382 e. The maximum absolute atomic E-state index is 11.9. The van der Waals surface area contributed by atoms with Gasteiger partial charge in [0.25, 0.3) is 0 Å². The molecule has 6 heteroatoms. The molecule has 19 heavy (non-hydrogen) atoms. The lowest BCUT2D eigenvalue weighted by molar-refractivity contribution is -0.129. The van der Waals surface area contributed by atoms with Crippen molar-refractivity contribution in [3.8, 4) is 0 Å². The Morgan fingerprint density at radius 3 is 2.47 bits per heavy atom. The van der Waals surface area contributed by atoms with Crippen molar-refractivity contribution in [2.45, 2.75) is 19.5 Å². The second kappa shape index (κ2) is 7.76. The van der Waals surface area contributed by atoms with Gasteiger partial charge in [-0.3, -0.25) is 9.59 Å². The highest BCUT2D eigenvalue weighted by molar-refractivity contribution is 6.30. The first-order chi connectivity index (χ1) is 9.02. The van der Waals surface area contributed by atoms with Gasteiger partial charge in [-0.05, 0) is 17.7 Å². The molecule has 0 bridgehead atoms. The molecule has 0 heterocycles. The Morgan fingerprint density at radius 2 is 1.95 bits per heavy atom. The Morgan fingerprint density at radius 1 is 1.32 bits per heavy atom. The summed E-state index contributed by atoms with van der Waals surface area (Å²) in [4.78, 5) is 22.9. The van der Waals surface area contributed by atoms with E-state index in [4.69, 9.17) is 16.3 Å². The lowest BCUT2D eigenvalue weighted by Crippen LogP contribution is -2.48. The number of carbonyl (C=O) groups excluding carboxylic acids is 2. The average Bonchev–Trinajstić information content (AvgIpc) is 2.37. The van der Waals surface area contributed by atoms with Gasteiger partial charge in [-0.15, -0.1) is 0 Å². The predicted molar refractivity (Wildman–Crippen MR) is 72.8 cm³/mol. The number of carbonyl (C=O) groups is 2. The molecule has 0 saturated carbocycles. The smallest absolute Gasteiger partial charge is 0.245 e. The van der Waals surface area contributed by atoms with Gasteiger partial charge in [-0.25, -0.2) is 0 Å². The number of benzene rings is 1. The van der Waals surface area contributed by atoms with Gasteiger partial charge in [-0.2, -0.15) is 0 Å². The Balaban J connectivity index is 2.51. The van der Waals surface area contributed by atoms with E-state index in [0.29, 0.717) is 11.6 Å². The highest BCUT2D eigenvalue weighted by Gasteiger charge is 2.18. The molecule has 5 nitrogen and oxygen atoms in total. The Bertz CT molecular complexity index is 434. The van der Waals surface area contributed by atoms with Crippen LogP contribution in [0, 0.1) is 0 Å². The molecule has 0 fully saturated rings. The van der Waals surface area contributed by atoms with Crippen molar-refractivity contribution >= 4 is 23.4 Å². The van der Waals surface area contributed by atoms with Crippen LogP contribution in [0.3, 0.4) is 0 Å². The van der Waals surface area contributed by atoms with Crippen LogP contribution < -0.4 is 10.6 Å². The number of ether oxygens (including phenoxy) is 1. The number of methoxy groups -OCH3 is 1. The fourth-order valence-electron chi connectivity index (χ4n) is 1.51. The lowest BCUT2D eigenvalue weighted by atomic mass is 10.2. The van der Waals surface area contributed by atoms with Crippen molar-refractivity contribution in [3.05, 3.63) is 34.9 Å². The van der Waals surface area contributed by atoms with E-state index < -0.39 is 6.04 Å². The fourth-order valence-corrected chi connectivity index (χ4v) is 1.64. The van der Waals surface area contributed by atoms with Crippen LogP contribution in [-0.4, -0.2) is 31.6 Å². The summed E-state index contributed by atoms with van der Waals surface area (Å²) in [6.45, 7) is 1.86. The molecule has 0 aliphatic rings. The number of halogens is 1. The van der Waals surface area contributed by atoms with E-state index in [0.717, 1.165) is 5.56 Å². The number of rotatable bonds is 6. The molecule has 0 spiro atoms. The summed E-state index contributed by atoms with van der Waals surface area (Å²) in [5.74, 6) is -0.560. The zero-order valence-corrected chi connectivity index (χ0v) is 11.7. The summed E-state index contributed by atoms with van der Waals surface area (Å²) >= 11 is 5.77.